The zero-order valence-corrected chi connectivity index (χ0v) is 13.7. The van der Waals surface area contributed by atoms with Crippen molar-refractivity contribution in [3.8, 4) is 5.75 Å². The lowest BCUT2D eigenvalue weighted by Crippen LogP contribution is -2.26. The summed E-state index contributed by atoms with van der Waals surface area (Å²) < 4.78 is 5.12. The number of amides is 1. The van der Waals surface area contributed by atoms with Gasteiger partial charge in [-0.15, -0.1) is 0 Å². The summed E-state index contributed by atoms with van der Waals surface area (Å²) in [6.45, 7) is 2.00. The van der Waals surface area contributed by atoms with E-state index in [0.717, 1.165) is 22.6 Å². The van der Waals surface area contributed by atoms with E-state index in [1.165, 1.54) is 0 Å². The highest BCUT2D eigenvalue weighted by atomic mass is 35.5. The van der Waals surface area contributed by atoms with Gasteiger partial charge in [-0.3, -0.25) is 4.79 Å². The fraction of sp³-hybridized carbons (Fsp3) is 0.176. The van der Waals surface area contributed by atoms with E-state index in [1.54, 1.807) is 19.4 Å². The molecule has 120 valence electrons. The van der Waals surface area contributed by atoms with Gasteiger partial charge in [0.05, 0.1) is 19.9 Å². The van der Waals surface area contributed by atoms with Gasteiger partial charge in [-0.2, -0.15) is 5.10 Å². The van der Waals surface area contributed by atoms with Gasteiger partial charge in [-0.05, 0) is 42.3 Å². The Hall–Kier alpha value is -2.53. The molecule has 23 heavy (non-hydrogen) atoms. The molecule has 2 rings (SSSR count). The monoisotopic (exact) mass is 331 g/mol. The number of anilines is 1. The summed E-state index contributed by atoms with van der Waals surface area (Å²) in [5.74, 6) is 0.488. The van der Waals surface area contributed by atoms with Gasteiger partial charge in [0.25, 0.3) is 5.91 Å². The number of rotatable bonds is 6. The molecule has 1 amide bonds. The topological polar surface area (TPSA) is 62.7 Å². The van der Waals surface area contributed by atoms with Gasteiger partial charge in [0.15, 0.2) is 0 Å². The molecule has 0 aliphatic rings. The maximum atomic E-state index is 11.8. The largest absolute Gasteiger partial charge is 0.497 e. The second-order valence-electron chi connectivity index (χ2n) is 4.84. The Morgan fingerprint density at radius 2 is 2.09 bits per heavy atom. The number of hydrogen-bond acceptors (Lipinski definition) is 4. The van der Waals surface area contributed by atoms with Crippen LogP contribution in [0.1, 0.15) is 11.1 Å². The van der Waals surface area contributed by atoms with Gasteiger partial charge in [0.1, 0.15) is 5.75 Å². The number of methoxy groups -OCH3 is 1. The van der Waals surface area contributed by atoms with Crippen LogP contribution >= 0.6 is 11.6 Å². The Balaban J connectivity index is 1.85. The number of ether oxygens (including phenoxy) is 1. The Labute approximate surface area is 140 Å². The second-order valence-corrected chi connectivity index (χ2v) is 5.24. The van der Waals surface area contributed by atoms with Crippen molar-refractivity contribution in [2.24, 2.45) is 5.10 Å². The molecule has 0 saturated heterocycles. The molecule has 0 spiro atoms. The van der Waals surface area contributed by atoms with E-state index in [0.29, 0.717) is 5.02 Å². The lowest BCUT2D eigenvalue weighted by Gasteiger charge is -2.09. The van der Waals surface area contributed by atoms with Gasteiger partial charge in [-0.25, -0.2) is 5.43 Å². The second kappa shape index (κ2) is 8.19. The van der Waals surface area contributed by atoms with Crippen LogP contribution in [0.3, 0.4) is 0 Å². The third kappa shape index (κ3) is 5.00. The van der Waals surface area contributed by atoms with Crippen molar-refractivity contribution < 1.29 is 9.53 Å². The SMILES string of the molecule is COc1cccc(C=NNC(=O)CNc2cccc(Cl)c2C)c1. The van der Waals surface area contributed by atoms with Crippen LogP contribution in [0.25, 0.3) is 0 Å². The molecule has 0 aliphatic carbocycles. The highest BCUT2D eigenvalue weighted by Gasteiger charge is 2.04. The first-order chi connectivity index (χ1) is 11.1. The number of hydrogen-bond donors (Lipinski definition) is 2. The van der Waals surface area contributed by atoms with Crippen molar-refractivity contribution in [2.45, 2.75) is 6.92 Å². The van der Waals surface area contributed by atoms with Crippen LogP contribution < -0.4 is 15.5 Å². The minimum Gasteiger partial charge on any atom is -0.497 e. The molecule has 2 aromatic carbocycles. The van der Waals surface area contributed by atoms with Crippen molar-refractivity contribution in [3.05, 3.63) is 58.6 Å². The molecule has 0 fully saturated rings. The summed E-state index contributed by atoms with van der Waals surface area (Å²) >= 11 is 6.03. The predicted molar refractivity (Wildman–Crippen MR) is 93.4 cm³/mol. The molecule has 0 atom stereocenters. The molecule has 5 nitrogen and oxygen atoms in total. The van der Waals surface area contributed by atoms with Gasteiger partial charge in [0.2, 0.25) is 0 Å². The lowest BCUT2D eigenvalue weighted by atomic mass is 10.2. The normalized spacial score (nSPS) is 10.6. The Morgan fingerprint density at radius 3 is 2.87 bits per heavy atom. The van der Waals surface area contributed by atoms with Crippen LogP contribution in [0.5, 0.6) is 5.75 Å². The number of halogens is 1. The molecular formula is C17H18ClN3O2. The average molecular weight is 332 g/mol. The molecule has 6 heteroatoms. The van der Waals surface area contributed by atoms with Gasteiger partial charge < -0.3 is 10.1 Å². The molecule has 0 aliphatic heterocycles. The highest BCUT2D eigenvalue weighted by Crippen LogP contribution is 2.22. The number of carbonyl (C=O) groups is 1. The molecular weight excluding hydrogens is 314 g/mol. The van der Waals surface area contributed by atoms with Crippen LogP contribution in [-0.2, 0) is 4.79 Å². The summed E-state index contributed by atoms with van der Waals surface area (Å²) in [6, 6.07) is 12.9. The van der Waals surface area contributed by atoms with Crippen LogP contribution in [0.4, 0.5) is 5.69 Å². The van der Waals surface area contributed by atoms with Crippen LogP contribution in [0.2, 0.25) is 5.02 Å². The third-order valence-corrected chi connectivity index (χ3v) is 3.61. The van der Waals surface area contributed by atoms with Crippen molar-refractivity contribution in [1.82, 2.24) is 5.43 Å². The molecule has 2 aromatic rings. The number of nitrogens with one attached hydrogen (secondary N) is 2. The average Bonchev–Trinajstić information content (AvgIpc) is 2.56. The predicted octanol–water partition coefficient (Wildman–Crippen LogP) is 3.22. The quantitative estimate of drug-likeness (QED) is 0.631. The Morgan fingerprint density at radius 1 is 1.30 bits per heavy atom. The summed E-state index contributed by atoms with van der Waals surface area (Å²) in [5.41, 5.74) is 5.03. The van der Waals surface area contributed by atoms with Crippen molar-refractivity contribution in [3.63, 3.8) is 0 Å². The lowest BCUT2D eigenvalue weighted by molar-refractivity contribution is -0.119. The standard InChI is InChI=1S/C17H18ClN3O2/c1-12-15(18)7-4-8-16(12)19-11-17(22)21-20-10-13-5-3-6-14(9-13)23-2/h3-10,19H,11H2,1-2H3,(H,21,22). The van der Waals surface area contributed by atoms with Crippen LogP contribution in [0.15, 0.2) is 47.6 Å². The number of hydrazone groups is 1. The van der Waals surface area contributed by atoms with E-state index < -0.39 is 0 Å². The first kappa shape index (κ1) is 16.8. The molecule has 0 aromatic heterocycles. The fourth-order valence-electron chi connectivity index (χ4n) is 1.91. The fourth-order valence-corrected chi connectivity index (χ4v) is 2.09. The van der Waals surface area contributed by atoms with E-state index >= 15 is 0 Å². The maximum absolute atomic E-state index is 11.8. The Bertz CT molecular complexity index is 717. The molecule has 0 saturated carbocycles. The van der Waals surface area contributed by atoms with Gasteiger partial charge >= 0.3 is 0 Å². The maximum Gasteiger partial charge on any atom is 0.259 e. The minimum absolute atomic E-state index is 0.108. The molecule has 0 radical (unpaired) electrons. The Kier molecular flexibility index (Phi) is 6.00. The van der Waals surface area contributed by atoms with Crippen molar-refractivity contribution in [1.29, 1.82) is 0 Å². The number of benzene rings is 2. The third-order valence-electron chi connectivity index (χ3n) is 3.20. The zero-order valence-electron chi connectivity index (χ0n) is 13.0. The summed E-state index contributed by atoms with van der Waals surface area (Å²) in [5, 5.41) is 7.61. The highest BCUT2D eigenvalue weighted by molar-refractivity contribution is 6.31. The number of nitrogens with zero attached hydrogens (tertiary/aromatic N) is 1. The van der Waals surface area contributed by atoms with Crippen LogP contribution in [-0.4, -0.2) is 25.8 Å². The van der Waals surface area contributed by atoms with E-state index in [2.05, 4.69) is 15.8 Å². The molecule has 0 heterocycles. The van der Waals surface area contributed by atoms with E-state index in [-0.39, 0.29) is 12.5 Å². The van der Waals surface area contributed by atoms with E-state index in [1.807, 2.05) is 43.3 Å². The number of carbonyl (C=O) groups excluding carboxylic acids is 1. The molecule has 2 N–H and O–H groups in total. The smallest absolute Gasteiger partial charge is 0.259 e. The molecule has 0 unspecified atom stereocenters. The zero-order chi connectivity index (χ0) is 16.7. The molecule has 0 bridgehead atoms. The summed E-state index contributed by atoms with van der Waals surface area (Å²) in [7, 11) is 1.60. The summed E-state index contributed by atoms with van der Waals surface area (Å²) in [4.78, 5) is 11.8. The van der Waals surface area contributed by atoms with Gasteiger partial charge in [-0.1, -0.05) is 29.8 Å². The first-order valence-corrected chi connectivity index (χ1v) is 7.43. The van der Waals surface area contributed by atoms with Crippen molar-refractivity contribution >= 4 is 29.4 Å². The van der Waals surface area contributed by atoms with Crippen LogP contribution in [0, 0.1) is 6.92 Å². The first-order valence-electron chi connectivity index (χ1n) is 7.05. The van der Waals surface area contributed by atoms with Gasteiger partial charge in [0, 0.05) is 10.7 Å². The minimum atomic E-state index is -0.247. The van der Waals surface area contributed by atoms with E-state index in [9.17, 15) is 4.79 Å². The summed E-state index contributed by atoms with van der Waals surface area (Å²) in [6.07, 6.45) is 1.56. The van der Waals surface area contributed by atoms with Crippen molar-refractivity contribution in [2.75, 3.05) is 19.0 Å². The van der Waals surface area contributed by atoms with E-state index in [4.69, 9.17) is 16.3 Å².